The van der Waals surface area contributed by atoms with Gasteiger partial charge in [-0.3, -0.25) is 9.48 Å². The Bertz CT molecular complexity index is 646. The van der Waals surface area contributed by atoms with Crippen molar-refractivity contribution >= 4 is 23.2 Å². The Morgan fingerprint density at radius 3 is 2.53 bits per heavy atom. The maximum Gasteiger partial charge on any atom is 0.259 e. The fourth-order valence-corrected chi connectivity index (χ4v) is 2.28. The summed E-state index contributed by atoms with van der Waals surface area (Å²) < 4.78 is 1.71. The highest BCUT2D eigenvalue weighted by atomic mass is 35.5. The number of hydrogen-bond acceptors (Lipinski definition) is 2. The average Bonchev–Trinajstić information content (AvgIpc) is 2.57. The van der Waals surface area contributed by atoms with Gasteiger partial charge in [0.05, 0.1) is 11.3 Å². The minimum Gasteiger partial charge on any atom is -0.322 e. The Kier molecular flexibility index (Phi) is 3.62. The molecular formula is C14H16ClN3O. The van der Waals surface area contributed by atoms with Gasteiger partial charge in [0.25, 0.3) is 5.91 Å². The molecule has 1 heterocycles. The molecule has 0 spiro atoms. The van der Waals surface area contributed by atoms with Crippen molar-refractivity contribution in [2.45, 2.75) is 20.8 Å². The van der Waals surface area contributed by atoms with Crippen molar-refractivity contribution in [3.63, 3.8) is 0 Å². The van der Waals surface area contributed by atoms with E-state index in [-0.39, 0.29) is 5.91 Å². The molecule has 1 aromatic heterocycles. The third kappa shape index (κ3) is 2.63. The molecule has 0 aliphatic rings. The number of anilines is 1. The summed E-state index contributed by atoms with van der Waals surface area (Å²) in [4.78, 5) is 12.3. The van der Waals surface area contributed by atoms with E-state index in [2.05, 4.69) is 10.4 Å². The largest absolute Gasteiger partial charge is 0.322 e. The van der Waals surface area contributed by atoms with Crippen molar-refractivity contribution in [1.29, 1.82) is 0 Å². The van der Waals surface area contributed by atoms with Crippen LogP contribution in [0.2, 0.25) is 5.02 Å². The predicted molar refractivity (Wildman–Crippen MR) is 76.8 cm³/mol. The topological polar surface area (TPSA) is 46.9 Å². The van der Waals surface area contributed by atoms with E-state index in [0.717, 1.165) is 22.6 Å². The van der Waals surface area contributed by atoms with E-state index in [1.165, 1.54) is 0 Å². The molecule has 19 heavy (non-hydrogen) atoms. The molecular weight excluding hydrogens is 262 g/mol. The maximum atomic E-state index is 12.3. The van der Waals surface area contributed by atoms with Crippen LogP contribution in [0.25, 0.3) is 0 Å². The van der Waals surface area contributed by atoms with Gasteiger partial charge in [-0.1, -0.05) is 11.6 Å². The van der Waals surface area contributed by atoms with E-state index < -0.39 is 0 Å². The van der Waals surface area contributed by atoms with Crippen LogP contribution in [-0.2, 0) is 7.05 Å². The van der Waals surface area contributed by atoms with Gasteiger partial charge in [-0.25, -0.2) is 0 Å². The lowest BCUT2D eigenvalue weighted by Crippen LogP contribution is -2.14. The summed E-state index contributed by atoms with van der Waals surface area (Å²) in [6, 6.07) is 5.38. The van der Waals surface area contributed by atoms with Gasteiger partial charge in [0.1, 0.15) is 0 Å². The standard InChI is InChI=1S/C14H16ClN3O/c1-8-7-11(15)5-6-12(8)16-14(19)13-9(2)17-18(4)10(13)3/h5-7H,1-4H3,(H,16,19). The van der Waals surface area contributed by atoms with Gasteiger partial charge in [0.2, 0.25) is 0 Å². The molecule has 0 bridgehead atoms. The lowest BCUT2D eigenvalue weighted by atomic mass is 10.1. The Morgan fingerprint density at radius 2 is 2.00 bits per heavy atom. The first-order chi connectivity index (χ1) is 8.90. The zero-order chi connectivity index (χ0) is 14.2. The SMILES string of the molecule is Cc1cc(Cl)ccc1NC(=O)c1c(C)nn(C)c1C. The summed E-state index contributed by atoms with van der Waals surface area (Å²) in [7, 11) is 1.83. The van der Waals surface area contributed by atoms with Crippen LogP contribution in [0.4, 0.5) is 5.69 Å². The van der Waals surface area contributed by atoms with Gasteiger partial charge in [0, 0.05) is 23.5 Å². The van der Waals surface area contributed by atoms with Crippen molar-refractivity contribution in [3.05, 3.63) is 45.7 Å². The van der Waals surface area contributed by atoms with E-state index in [4.69, 9.17) is 11.6 Å². The first-order valence-corrected chi connectivity index (χ1v) is 6.35. The zero-order valence-corrected chi connectivity index (χ0v) is 12.2. The summed E-state index contributed by atoms with van der Waals surface area (Å²) in [6.45, 7) is 5.62. The number of hydrogen-bond donors (Lipinski definition) is 1. The molecule has 1 aromatic carbocycles. The number of carbonyl (C=O) groups is 1. The molecule has 0 aliphatic heterocycles. The highest BCUT2D eigenvalue weighted by molar-refractivity contribution is 6.30. The zero-order valence-electron chi connectivity index (χ0n) is 11.4. The van der Waals surface area contributed by atoms with Gasteiger partial charge in [-0.15, -0.1) is 0 Å². The van der Waals surface area contributed by atoms with Gasteiger partial charge in [-0.05, 0) is 44.5 Å². The molecule has 0 aliphatic carbocycles. The molecule has 2 aromatic rings. The summed E-state index contributed by atoms with van der Waals surface area (Å²) in [5.74, 6) is -0.145. The van der Waals surface area contributed by atoms with Crippen LogP contribution < -0.4 is 5.32 Å². The Balaban J connectivity index is 2.31. The molecule has 0 fully saturated rings. The summed E-state index contributed by atoms with van der Waals surface area (Å²) in [5, 5.41) is 7.80. The van der Waals surface area contributed by atoms with Crippen molar-refractivity contribution in [2.24, 2.45) is 7.05 Å². The van der Waals surface area contributed by atoms with Crippen molar-refractivity contribution in [2.75, 3.05) is 5.32 Å². The van der Waals surface area contributed by atoms with E-state index in [1.807, 2.05) is 33.9 Å². The quantitative estimate of drug-likeness (QED) is 0.916. The first kappa shape index (κ1) is 13.6. The molecule has 2 rings (SSSR count). The average molecular weight is 278 g/mol. The van der Waals surface area contributed by atoms with E-state index in [9.17, 15) is 4.79 Å². The van der Waals surface area contributed by atoms with Crippen molar-refractivity contribution < 1.29 is 4.79 Å². The predicted octanol–water partition coefficient (Wildman–Crippen LogP) is 3.25. The van der Waals surface area contributed by atoms with Crippen LogP contribution in [0.5, 0.6) is 0 Å². The number of aromatic nitrogens is 2. The van der Waals surface area contributed by atoms with Gasteiger partial charge >= 0.3 is 0 Å². The van der Waals surface area contributed by atoms with Crippen LogP contribution in [0.15, 0.2) is 18.2 Å². The third-order valence-electron chi connectivity index (χ3n) is 3.17. The molecule has 1 amide bonds. The Hall–Kier alpha value is -1.81. The summed E-state index contributed by atoms with van der Waals surface area (Å²) in [5.41, 5.74) is 3.89. The van der Waals surface area contributed by atoms with Crippen LogP contribution in [0, 0.1) is 20.8 Å². The molecule has 4 nitrogen and oxygen atoms in total. The monoisotopic (exact) mass is 277 g/mol. The number of amides is 1. The van der Waals surface area contributed by atoms with Gasteiger partial charge < -0.3 is 5.32 Å². The number of aryl methyl sites for hydroxylation is 3. The van der Waals surface area contributed by atoms with Crippen molar-refractivity contribution in [1.82, 2.24) is 9.78 Å². The lowest BCUT2D eigenvalue weighted by Gasteiger charge is -2.09. The third-order valence-corrected chi connectivity index (χ3v) is 3.41. The molecule has 0 radical (unpaired) electrons. The second-order valence-corrected chi connectivity index (χ2v) is 5.02. The summed E-state index contributed by atoms with van der Waals surface area (Å²) in [6.07, 6.45) is 0. The van der Waals surface area contributed by atoms with E-state index >= 15 is 0 Å². The van der Waals surface area contributed by atoms with Crippen molar-refractivity contribution in [3.8, 4) is 0 Å². The van der Waals surface area contributed by atoms with Gasteiger partial charge in [-0.2, -0.15) is 5.10 Å². The number of nitrogens with zero attached hydrogens (tertiary/aromatic N) is 2. The second-order valence-electron chi connectivity index (χ2n) is 4.58. The Labute approximate surface area is 117 Å². The number of benzene rings is 1. The van der Waals surface area contributed by atoms with Crippen LogP contribution in [0.1, 0.15) is 27.3 Å². The smallest absolute Gasteiger partial charge is 0.259 e. The van der Waals surface area contributed by atoms with E-state index in [1.54, 1.807) is 16.8 Å². The molecule has 0 atom stereocenters. The number of nitrogens with one attached hydrogen (secondary N) is 1. The Morgan fingerprint density at radius 1 is 1.32 bits per heavy atom. The first-order valence-electron chi connectivity index (χ1n) is 5.98. The van der Waals surface area contributed by atoms with Crippen LogP contribution >= 0.6 is 11.6 Å². The van der Waals surface area contributed by atoms with Crippen LogP contribution in [-0.4, -0.2) is 15.7 Å². The minimum absolute atomic E-state index is 0.145. The fraction of sp³-hybridized carbons (Fsp3) is 0.286. The van der Waals surface area contributed by atoms with Gasteiger partial charge in [0.15, 0.2) is 0 Å². The molecule has 100 valence electrons. The fourth-order valence-electron chi connectivity index (χ4n) is 2.05. The lowest BCUT2D eigenvalue weighted by molar-refractivity contribution is 0.102. The molecule has 0 saturated heterocycles. The number of rotatable bonds is 2. The van der Waals surface area contributed by atoms with Crippen LogP contribution in [0.3, 0.4) is 0 Å². The molecule has 0 saturated carbocycles. The maximum absolute atomic E-state index is 12.3. The highest BCUT2D eigenvalue weighted by Crippen LogP contribution is 2.21. The molecule has 0 unspecified atom stereocenters. The second kappa shape index (κ2) is 5.05. The normalized spacial score (nSPS) is 10.6. The molecule has 1 N–H and O–H groups in total. The number of halogens is 1. The summed E-state index contributed by atoms with van der Waals surface area (Å²) >= 11 is 5.90. The highest BCUT2D eigenvalue weighted by Gasteiger charge is 2.17. The van der Waals surface area contributed by atoms with E-state index in [0.29, 0.717) is 10.6 Å². The minimum atomic E-state index is -0.145. The molecule has 5 heteroatoms. The number of carbonyl (C=O) groups excluding carboxylic acids is 1.